The molecule has 0 fully saturated rings. The first-order valence-electron chi connectivity index (χ1n) is 6.69. The highest BCUT2D eigenvalue weighted by Crippen LogP contribution is 2.17. The molecule has 0 saturated carbocycles. The van der Waals surface area contributed by atoms with Gasteiger partial charge in [0.15, 0.2) is 0 Å². The molecule has 2 aromatic rings. The van der Waals surface area contributed by atoms with Crippen molar-refractivity contribution in [2.45, 2.75) is 45.1 Å². The molecule has 0 atom stereocenters. The van der Waals surface area contributed by atoms with Gasteiger partial charge in [0.2, 0.25) is 21.8 Å². The van der Waals surface area contributed by atoms with E-state index in [1.165, 1.54) is 0 Å². The number of aromatic nitrogens is 2. The molecule has 0 saturated heterocycles. The number of hydrogen-bond donors (Lipinski definition) is 1. The van der Waals surface area contributed by atoms with Crippen LogP contribution in [-0.4, -0.2) is 18.6 Å². The van der Waals surface area contributed by atoms with Crippen LogP contribution in [0.25, 0.3) is 0 Å². The van der Waals surface area contributed by atoms with E-state index < -0.39 is 10.0 Å². The fourth-order valence-corrected chi connectivity index (χ4v) is 3.11. The van der Waals surface area contributed by atoms with Crippen molar-refractivity contribution in [3.8, 4) is 0 Å². The van der Waals surface area contributed by atoms with E-state index in [-0.39, 0.29) is 23.2 Å². The van der Waals surface area contributed by atoms with Gasteiger partial charge in [0.05, 0.1) is 11.4 Å². The van der Waals surface area contributed by atoms with Gasteiger partial charge in [-0.3, -0.25) is 0 Å². The maximum Gasteiger partial charge on any atom is 0.241 e. The lowest BCUT2D eigenvalue weighted by atomic mass is 10.2. The first-order valence-corrected chi connectivity index (χ1v) is 8.17. The molecule has 21 heavy (non-hydrogen) atoms. The third-order valence-corrected chi connectivity index (χ3v) is 4.57. The Morgan fingerprint density at radius 3 is 2.52 bits per heavy atom. The second-order valence-corrected chi connectivity index (χ2v) is 7.02. The van der Waals surface area contributed by atoms with Gasteiger partial charge in [-0.25, -0.2) is 13.1 Å². The maximum absolute atomic E-state index is 12.3. The molecule has 2 rings (SSSR count). The molecule has 1 aromatic heterocycles. The number of hydrogen-bond acceptors (Lipinski definition) is 5. The van der Waals surface area contributed by atoms with Gasteiger partial charge in [-0.2, -0.15) is 0 Å². The first-order chi connectivity index (χ1) is 9.79. The molecule has 0 aliphatic carbocycles. The standard InChI is InChI=1S/C14H19N3O3S/c1-9(2)14-17-16-13(20-14)8-15-21(18,19)12-6-5-10(3)7-11(12)4/h5-7,9,15H,8H2,1-4H3. The van der Waals surface area contributed by atoms with E-state index >= 15 is 0 Å². The predicted molar refractivity (Wildman–Crippen MR) is 78.3 cm³/mol. The minimum absolute atomic E-state index is 0.0185. The molecule has 0 radical (unpaired) electrons. The monoisotopic (exact) mass is 309 g/mol. The number of nitrogens with one attached hydrogen (secondary N) is 1. The molecule has 0 unspecified atom stereocenters. The fraction of sp³-hybridized carbons (Fsp3) is 0.429. The largest absolute Gasteiger partial charge is 0.424 e. The summed E-state index contributed by atoms with van der Waals surface area (Å²) in [5, 5.41) is 7.69. The second kappa shape index (κ2) is 5.95. The maximum atomic E-state index is 12.3. The molecule has 1 aromatic carbocycles. The van der Waals surface area contributed by atoms with Crippen molar-refractivity contribution in [2.24, 2.45) is 0 Å². The van der Waals surface area contributed by atoms with Crippen molar-refractivity contribution in [1.29, 1.82) is 0 Å². The Labute approximate surface area is 124 Å². The van der Waals surface area contributed by atoms with Gasteiger partial charge in [0, 0.05) is 5.92 Å². The third-order valence-electron chi connectivity index (χ3n) is 3.01. The summed E-state index contributed by atoms with van der Waals surface area (Å²) in [7, 11) is -3.59. The fourth-order valence-electron chi connectivity index (χ4n) is 1.91. The highest BCUT2D eigenvalue weighted by atomic mass is 32.2. The van der Waals surface area contributed by atoms with Crippen molar-refractivity contribution in [3.05, 3.63) is 41.1 Å². The van der Waals surface area contributed by atoms with Gasteiger partial charge in [-0.05, 0) is 25.5 Å². The molecule has 1 N–H and O–H groups in total. The highest BCUT2D eigenvalue weighted by molar-refractivity contribution is 7.89. The number of sulfonamides is 1. The van der Waals surface area contributed by atoms with Crippen LogP contribution >= 0.6 is 0 Å². The van der Waals surface area contributed by atoms with E-state index in [4.69, 9.17) is 4.42 Å². The summed E-state index contributed by atoms with van der Waals surface area (Å²) in [6.45, 7) is 7.53. The van der Waals surface area contributed by atoms with E-state index in [1.807, 2.05) is 26.8 Å². The van der Waals surface area contributed by atoms with Gasteiger partial charge in [-0.15, -0.1) is 10.2 Å². The lowest BCUT2D eigenvalue weighted by Crippen LogP contribution is -2.24. The van der Waals surface area contributed by atoms with Crippen molar-refractivity contribution in [1.82, 2.24) is 14.9 Å². The van der Waals surface area contributed by atoms with Gasteiger partial charge in [-0.1, -0.05) is 31.5 Å². The van der Waals surface area contributed by atoms with Crippen molar-refractivity contribution < 1.29 is 12.8 Å². The summed E-state index contributed by atoms with van der Waals surface area (Å²) in [6.07, 6.45) is 0. The zero-order valence-corrected chi connectivity index (χ0v) is 13.4. The minimum Gasteiger partial charge on any atom is -0.424 e. The van der Waals surface area contributed by atoms with E-state index in [2.05, 4.69) is 14.9 Å². The van der Waals surface area contributed by atoms with Crippen LogP contribution in [0.2, 0.25) is 0 Å². The van der Waals surface area contributed by atoms with Crippen molar-refractivity contribution >= 4 is 10.0 Å². The summed E-state index contributed by atoms with van der Waals surface area (Å²) < 4.78 is 32.4. The van der Waals surface area contributed by atoms with E-state index in [9.17, 15) is 8.42 Å². The van der Waals surface area contributed by atoms with Crippen molar-refractivity contribution in [3.63, 3.8) is 0 Å². The van der Waals surface area contributed by atoms with Gasteiger partial charge in [0.25, 0.3) is 0 Å². The average molecular weight is 309 g/mol. The quantitative estimate of drug-likeness (QED) is 0.916. The van der Waals surface area contributed by atoms with Crippen LogP contribution in [0.4, 0.5) is 0 Å². The Morgan fingerprint density at radius 1 is 1.24 bits per heavy atom. The topological polar surface area (TPSA) is 85.1 Å². The zero-order chi connectivity index (χ0) is 15.6. The smallest absolute Gasteiger partial charge is 0.241 e. The normalized spacial score (nSPS) is 12.0. The Morgan fingerprint density at radius 2 is 1.95 bits per heavy atom. The molecule has 0 aliphatic rings. The molecular formula is C14H19N3O3S. The number of benzene rings is 1. The van der Waals surface area contributed by atoms with E-state index in [0.29, 0.717) is 11.5 Å². The average Bonchev–Trinajstić information content (AvgIpc) is 2.85. The van der Waals surface area contributed by atoms with Crippen LogP contribution in [0.3, 0.4) is 0 Å². The van der Waals surface area contributed by atoms with Crippen LogP contribution in [0.5, 0.6) is 0 Å². The highest BCUT2D eigenvalue weighted by Gasteiger charge is 2.18. The minimum atomic E-state index is -3.59. The lowest BCUT2D eigenvalue weighted by molar-refractivity contribution is 0.427. The van der Waals surface area contributed by atoms with Crippen LogP contribution in [0.1, 0.15) is 42.7 Å². The number of aryl methyl sites for hydroxylation is 2. The van der Waals surface area contributed by atoms with Crippen LogP contribution < -0.4 is 4.72 Å². The zero-order valence-electron chi connectivity index (χ0n) is 12.5. The van der Waals surface area contributed by atoms with Crippen LogP contribution in [0.15, 0.2) is 27.5 Å². The summed E-state index contributed by atoms with van der Waals surface area (Å²) in [5.74, 6) is 0.866. The molecule has 0 spiro atoms. The second-order valence-electron chi connectivity index (χ2n) is 5.28. The summed E-state index contributed by atoms with van der Waals surface area (Å²) in [5.41, 5.74) is 1.72. The molecule has 1 heterocycles. The van der Waals surface area contributed by atoms with E-state index in [0.717, 1.165) is 5.56 Å². The van der Waals surface area contributed by atoms with Gasteiger partial charge < -0.3 is 4.42 Å². The molecule has 0 bridgehead atoms. The van der Waals surface area contributed by atoms with Gasteiger partial charge in [0.1, 0.15) is 0 Å². The van der Waals surface area contributed by atoms with E-state index in [1.54, 1.807) is 19.1 Å². The summed E-state index contributed by atoms with van der Waals surface area (Å²) in [6, 6.07) is 5.20. The molecule has 0 aliphatic heterocycles. The SMILES string of the molecule is Cc1ccc(S(=O)(=O)NCc2nnc(C(C)C)o2)c(C)c1. The molecule has 6 nitrogen and oxygen atoms in total. The third kappa shape index (κ3) is 3.68. The summed E-state index contributed by atoms with van der Waals surface area (Å²) >= 11 is 0. The van der Waals surface area contributed by atoms with Crippen LogP contribution in [-0.2, 0) is 16.6 Å². The number of nitrogens with zero attached hydrogens (tertiary/aromatic N) is 2. The molecular weight excluding hydrogens is 290 g/mol. The molecule has 7 heteroatoms. The Hall–Kier alpha value is -1.73. The van der Waals surface area contributed by atoms with Crippen LogP contribution in [0, 0.1) is 13.8 Å². The first kappa shape index (κ1) is 15.7. The Balaban J connectivity index is 2.13. The summed E-state index contributed by atoms with van der Waals surface area (Å²) in [4.78, 5) is 0.261. The molecule has 114 valence electrons. The van der Waals surface area contributed by atoms with Crippen molar-refractivity contribution in [2.75, 3.05) is 0 Å². The molecule has 0 amide bonds. The number of rotatable bonds is 5. The predicted octanol–water partition coefficient (Wildman–Crippen LogP) is 2.29. The lowest BCUT2D eigenvalue weighted by Gasteiger charge is -2.08. The Bertz CT molecular complexity index is 736. The Kier molecular flexibility index (Phi) is 4.43. The van der Waals surface area contributed by atoms with Gasteiger partial charge >= 0.3 is 0 Å².